The first-order valence-corrected chi connectivity index (χ1v) is 17.4. The smallest absolute Gasteiger partial charge is 0.319 e. The Labute approximate surface area is 282 Å². The van der Waals surface area contributed by atoms with Gasteiger partial charge in [0.2, 0.25) is 0 Å². The highest BCUT2D eigenvalue weighted by molar-refractivity contribution is 6.01. The second-order valence-corrected chi connectivity index (χ2v) is 13.2. The first-order chi connectivity index (χ1) is 22.5. The van der Waals surface area contributed by atoms with E-state index in [-0.39, 0.29) is 52.7 Å². The molecule has 1 N–H and O–H groups in total. The zero-order valence-electron chi connectivity index (χ0n) is 28.0. The van der Waals surface area contributed by atoms with Crippen molar-refractivity contribution < 1.29 is 18.2 Å². The fourth-order valence-electron chi connectivity index (χ4n) is 8.53. The number of hydrogen-bond acceptors (Lipinski definition) is 7. The first-order valence-electron chi connectivity index (χ1n) is 17.4. The number of piperazine rings is 1. The van der Waals surface area contributed by atoms with Gasteiger partial charge in [0.1, 0.15) is 29.5 Å². The third-order valence-electron chi connectivity index (χ3n) is 10.9. The molecular formula is C38H51F3N6O. The minimum atomic E-state index is -0.503. The van der Waals surface area contributed by atoms with Crippen LogP contribution >= 0.6 is 0 Å². The number of aryl methyl sites for hydroxylation is 1. The van der Waals surface area contributed by atoms with Crippen molar-refractivity contribution in [3.8, 4) is 17.3 Å². The van der Waals surface area contributed by atoms with E-state index in [0.717, 1.165) is 81.7 Å². The second-order valence-electron chi connectivity index (χ2n) is 13.2. The average molecular weight is 665 g/mol. The summed E-state index contributed by atoms with van der Waals surface area (Å²) < 4.78 is 38.5. The molecule has 7 nitrogen and oxygen atoms in total. The van der Waals surface area contributed by atoms with Crippen molar-refractivity contribution in [2.75, 3.05) is 44.2 Å². The van der Waals surface area contributed by atoms with Gasteiger partial charge in [0.25, 0.3) is 0 Å². The highest BCUT2D eigenvalue weighted by atomic mass is 19.1. The maximum Gasteiger partial charge on any atom is 0.319 e. The Morgan fingerprint density at radius 2 is 1.75 bits per heavy atom. The van der Waals surface area contributed by atoms with E-state index in [0.29, 0.717) is 28.5 Å². The van der Waals surface area contributed by atoms with E-state index in [4.69, 9.17) is 19.7 Å². The van der Waals surface area contributed by atoms with Crippen molar-refractivity contribution in [1.82, 2.24) is 25.2 Å². The average Bonchev–Trinajstić information content (AvgIpc) is 3.67. The maximum absolute atomic E-state index is 17.1. The molecule has 48 heavy (non-hydrogen) atoms. The number of nitrogens with zero attached hydrogens (tertiary/aromatic N) is 5. The molecule has 2 aromatic heterocycles. The van der Waals surface area contributed by atoms with Gasteiger partial charge in [0.15, 0.2) is 5.82 Å². The quantitative estimate of drug-likeness (QED) is 0.230. The molecule has 0 aliphatic carbocycles. The molecule has 6 heterocycles. The van der Waals surface area contributed by atoms with Gasteiger partial charge in [-0.1, -0.05) is 52.5 Å². The topological polar surface area (TPSA) is 66.4 Å². The number of nitrogens with one attached hydrogen (secondary N) is 1. The highest BCUT2D eigenvalue weighted by Gasteiger charge is 2.45. The van der Waals surface area contributed by atoms with Crippen LogP contribution in [0.2, 0.25) is 0 Å². The third-order valence-corrected chi connectivity index (χ3v) is 10.9. The molecule has 3 saturated heterocycles. The van der Waals surface area contributed by atoms with Gasteiger partial charge >= 0.3 is 6.01 Å². The van der Waals surface area contributed by atoms with Gasteiger partial charge < -0.3 is 15.0 Å². The van der Waals surface area contributed by atoms with E-state index in [1.165, 1.54) is 18.9 Å². The van der Waals surface area contributed by atoms with Crippen LogP contribution in [0, 0.1) is 18.6 Å². The lowest BCUT2D eigenvalue weighted by Crippen LogP contribution is -2.52. The summed E-state index contributed by atoms with van der Waals surface area (Å²) in [7, 11) is 0. The van der Waals surface area contributed by atoms with Gasteiger partial charge in [-0.05, 0) is 87.4 Å². The molecular weight excluding hydrogens is 613 g/mol. The van der Waals surface area contributed by atoms with Gasteiger partial charge in [-0.25, -0.2) is 13.8 Å². The molecule has 0 bridgehead atoms. The lowest BCUT2D eigenvalue weighted by atomic mass is 9.88. The summed E-state index contributed by atoms with van der Waals surface area (Å²) in [4.78, 5) is 19.9. The number of benzene rings is 2. The van der Waals surface area contributed by atoms with Crippen LogP contribution in [-0.4, -0.2) is 70.8 Å². The van der Waals surface area contributed by atoms with Crippen LogP contribution < -0.4 is 15.0 Å². The van der Waals surface area contributed by atoms with Crippen molar-refractivity contribution >= 4 is 27.5 Å². The molecule has 0 spiro atoms. The lowest BCUT2D eigenvalue weighted by Gasteiger charge is -2.40. The fraction of sp³-hybridized carbons (Fsp3) is 0.553. The van der Waals surface area contributed by atoms with Crippen LogP contribution in [0.1, 0.15) is 90.3 Å². The van der Waals surface area contributed by atoms with Crippen LogP contribution in [0.5, 0.6) is 6.01 Å². The minimum absolute atomic E-state index is 0. The van der Waals surface area contributed by atoms with Crippen molar-refractivity contribution in [2.45, 2.75) is 97.6 Å². The Morgan fingerprint density at radius 1 is 0.979 bits per heavy atom. The Bertz CT molecular complexity index is 1760. The molecule has 0 amide bonds. The van der Waals surface area contributed by atoms with Gasteiger partial charge in [-0.3, -0.25) is 9.60 Å². The number of anilines is 1. The van der Waals surface area contributed by atoms with Gasteiger partial charge in [-0.15, -0.1) is 0 Å². The van der Waals surface area contributed by atoms with Crippen LogP contribution in [0.4, 0.5) is 19.3 Å². The van der Waals surface area contributed by atoms with E-state index in [2.05, 4.69) is 22.0 Å². The molecule has 4 aliphatic rings. The number of hydrogen-bond donors (Lipinski definition) is 1. The fourth-order valence-corrected chi connectivity index (χ4v) is 8.53. The van der Waals surface area contributed by atoms with Crippen molar-refractivity contribution in [3.05, 3.63) is 53.2 Å². The first kappa shape index (κ1) is 35.8. The molecule has 260 valence electrons. The zero-order chi connectivity index (χ0) is 32.0. The highest BCUT2D eigenvalue weighted by Crippen LogP contribution is 2.44. The predicted octanol–water partition coefficient (Wildman–Crippen LogP) is 8.32. The van der Waals surface area contributed by atoms with E-state index >= 15 is 4.39 Å². The summed E-state index contributed by atoms with van der Waals surface area (Å²) in [5.74, 6) is 0.0313. The molecule has 4 aliphatic heterocycles. The van der Waals surface area contributed by atoms with Gasteiger partial charge in [-0.2, -0.15) is 9.97 Å². The Morgan fingerprint density at radius 3 is 2.50 bits per heavy atom. The Hall–Kier alpha value is -3.50. The SMILES string of the molecule is C.CC.CC[C@H]1CC[C@@H]2CNCCN2c2nc(OCC34CCCN3CCC4)nc3c(F)c(-c4cccc5ccc(F)c(C)c45)nc1c23.F. The predicted molar refractivity (Wildman–Crippen MR) is 190 cm³/mol. The van der Waals surface area contributed by atoms with Crippen LogP contribution in [0.25, 0.3) is 32.9 Å². The zero-order valence-corrected chi connectivity index (χ0v) is 28.0. The standard InChI is InChI=1S/C35H40F2N6O.C2H6.CH4.FH/c1-3-22-9-11-24-19-38-15-18-43(24)33-28-30(22)39-31(25-8-4-7-23-10-12-26(36)21(2)27(23)25)29(37)32(28)40-34(41-33)44-20-35-13-5-16-42(35)17-6-14-35;1-2;;/h4,7-8,10,12,22,24,38H,3,5-6,9,11,13-20H2,1-2H3;1-2H3;1H4;1H/t22-,24+;;;/m0.../s1. The largest absolute Gasteiger partial charge is 0.461 e. The number of pyridine rings is 1. The van der Waals surface area contributed by atoms with Crippen molar-refractivity contribution in [1.29, 1.82) is 0 Å². The minimum Gasteiger partial charge on any atom is -0.461 e. The summed E-state index contributed by atoms with van der Waals surface area (Å²) in [6, 6.07) is 9.38. The van der Waals surface area contributed by atoms with Crippen molar-refractivity contribution in [2.24, 2.45) is 0 Å². The van der Waals surface area contributed by atoms with Crippen LogP contribution in [0.15, 0.2) is 30.3 Å². The monoisotopic (exact) mass is 664 g/mol. The van der Waals surface area contributed by atoms with E-state index in [1.54, 1.807) is 13.0 Å². The molecule has 8 rings (SSSR count). The Balaban J connectivity index is 0.00000111. The van der Waals surface area contributed by atoms with Crippen LogP contribution in [-0.2, 0) is 0 Å². The molecule has 10 heteroatoms. The molecule has 2 atom stereocenters. The number of fused-ring (bicyclic) bond motifs is 4. The van der Waals surface area contributed by atoms with Gasteiger partial charge in [0, 0.05) is 37.2 Å². The normalized spacial score (nSPS) is 21.2. The molecule has 2 aromatic carbocycles. The molecule has 0 saturated carbocycles. The maximum atomic E-state index is 17.1. The number of ether oxygens (including phenoxy) is 1. The van der Waals surface area contributed by atoms with E-state index in [1.807, 2.05) is 32.0 Å². The summed E-state index contributed by atoms with van der Waals surface area (Å²) in [5.41, 5.74) is 2.39. The summed E-state index contributed by atoms with van der Waals surface area (Å²) >= 11 is 0. The Kier molecular flexibility index (Phi) is 10.8. The van der Waals surface area contributed by atoms with E-state index < -0.39 is 5.82 Å². The number of halogens is 3. The second kappa shape index (κ2) is 14.5. The van der Waals surface area contributed by atoms with Gasteiger partial charge in [0.05, 0.1) is 16.6 Å². The summed E-state index contributed by atoms with van der Waals surface area (Å²) in [6.07, 6.45) is 7.35. The van der Waals surface area contributed by atoms with Crippen LogP contribution in [0.3, 0.4) is 0 Å². The summed E-state index contributed by atoms with van der Waals surface area (Å²) in [6.45, 7) is 13.1. The molecule has 0 radical (unpaired) electrons. The molecule has 0 unspecified atom stereocenters. The number of rotatable bonds is 5. The molecule has 4 aromatic rings. The lowest BCUT2D eigenvalue weighted by molar-refractivity contribution is 0.108. The van der Waals surface area contributed by atoms with Crippen molar-refractivity contribution in [3.63, 3.8) is 0 Å². The summed E-state index contributed by atoms with van der Waals surface area (Å²) in [5, 5.41) is 5.78. The third kappa shape index (κ3) is 5.89. The molecule has 3 fully saturated rings. The number of aromatic nitrogens is 3. The van der Waals surface area contributed by atoms with E-state index in [9.17, 15) is 4.39 Å².